The molecule has 0 radical (unpaired) electrons. The maximum Gasteiger partial charge on any atom is 0.416 e. The summed E-state index contributed by atoms with van der Waals surface area (Å²) in [6.07, 6.45) is -10.5. The third-order valence-corrected chi connectivity index (χ3v) is 6.58. The first kappa shape index (κ1) is 27.2. The molecule has 204 valence electrons. The maximum atomic E-state index is 13.5. The Kier molecular flexibility index (Phi) is 7.01. The lowest BCUT2D eigenvalue weighted by atomic mass is 9.94. The summed E-state index contributed by atoms with van der Waals surface area (Å²) in [4.78, 5) is 15.9. The van der Waals surface area contributed by atoms with Crippen molar-refractivity contribution in [2.24, 2.45) is 7.05 Å². The fourth-order valence-electron chi connectivity index (χ4n) is 4.69. The van der Waals surface area contributed by atoms with Crippen molar-refractivity contribution in [1.29, 1.82) is 0 Å². The molecule has 0 unspecified atom stereocenters. The molecule has 8 nitrogen and oxygen atoms in total. The second-order valence-corrected chi connectivity index (χ2v) is 9.16. The van der Waals surface area contributed by atoms with Crippen molar-refractivity contribution in [2.75, 3.05) is 16.3 Å². The lowest BCUT2D eigenvalue weighted by molar-refractivity contribution is -0.143. The van der Waals surface area contributed by atoms with Gasteiger partial charge in [-0.2, -0.15) is 31.1 Å². The van der Waals surface area contributed by atoms with Gasteiger partial charge in [-0.3, -0.25) is 4.90 Å². The van der Waals surface area contributed by atoms with Crippen molar-refractivity contribution in [3.8, 4) is 0 Å². The van der Waals surface area contributed by atoms with Gasteiger partial charge >= 0.3 is 18.4 Å². The van der Waals surface area contributed by atoms with E-state index in [9.17, 15) is 36.2 Å². The molecule has 14 heteroatoms. The van der Waals surface area contributed by atoms with Crippen LogP contribution in [0.15, 0.2) is 30.3 Å². The van der Waals surface area contributed by atoms with Crippen molar-refractivity contribution in [3.63, 3.8) is 0 Å². The zero-order valence-corrected chi connectivity index (χ0v) is 20.6. The highest BCUT2D eigenvalue weighted by Gasteiger charge is 2.38. The van der Waals surface area contributed by atoms with Gasteiger partial charge in [-0.15, -0.1) is 5.10 Å². The third kappa shape index (κ3) is 5.38. The molecular formula is C24H24F6N6O2. The normalized spacial score (nSPS) is 16.2. The molecule has 0 fully saturated rings. The quantitative estimate of drug-likeness (QED) is 0.414. The SMILES string of the molecule is Cc1ccc2c(c1C)N(C(=O)O)CCC[C@@H]2N(Cc1cc(C(F)(F)F)cc(C(F)(F)F)c1)c1nnn(C)n1. The summed E-state index contributed by atoms with van der Waals surface area (Å²) in [5.74, 6) is -0.0172. The van der Waals surface area contributed by atoms with Gasteiger partial charge in [0, 0.05) is 13.1 Å². The molecule has 2 heterocycles. The van der Waals surface area contributed by atoms with E-state index in [2.05, 4.69) is 15.4 Å². The van der Waals surface area contributed by atoms with Gasteiger partial charge in [-0.25, -0.2) is 4.79 Å². The molecule has 4 rings (SSSR count). The van der Waals surface area contributed by atoms with Crippen LogP contribution in [-0.2, 0) is 25.9 Å². The molecule has 1 aliphatic heterocycles. The van der Waals surface area contributed by atoms with E-state index in [4.69, 9.17) is 0 Å². The average Bonchev–Trinajstić information content (AvgIpc) is 3.15. The van der Waals surface area contributed by atoms with E-state index in [1.807, 2.05) is 6.92 Å². The smallest absolute Gasteiger partial charge is 0.416 e. The molecule has 2 aromatic carbocycles. The number of aromatic nitrogens is 4. The summed E-state index contributed by atoms with van der Waals surface area (Å²) < 4.78 is 81.2. The van der Waals surface area contributed by atoms with Gasteiger partial charge in [-0.1, -0.05) is 17.2 Å². The molecule has 1 atom stereocenters. The molecule has 3 aromatic rings. The van der Waals surface area contributed by atoms with Crippen LogP contribution in [0.2, 0.25) is 0 Å². The first-order valence-electron chi connectivity index (χ1n) is 11.6. The largest absolute Gasteiger partial charge is 0.465 e. The molecule has 38 heavy (non-hydrogen) atoms. The van der Waals surface area contributed by atoms with E-state index in [1.165, 1.54) is 16.8 Å². The number of rotatable bonds is 4. The van der Waals surface area contributed by atoms with Gasteiger partial charge in [0.05, 0.1) is 29.9 Å². The van der Waals surface area contributed by atoms with Crippen molar-refractivity contribution in [3.05, 3.63) is 63.7 Å². The van der Waals surface area contributed by atoms with Crippen molar-refractivity contribution in [2.45, 2.75) is 51.6 Å². The van der Waals surface area contributed by atoms with Crippen LogP contribution >= 0.6 is 0 Å². The maximum absolute atomic E-state index is 13.5. The summed E-state index contributed by atoms with van der Waals surface area (Å²) in [5.41, 5.74) is -0.630. The lowest BCUT2D eigenvalue weighted by Crippen LogP contribution is -2.32. The van der Waals surface area contributed by atoms with Crippen molar-refractivity contribution in [1.82, 2.24) is 20.2 Å². The van der Waals surface area contributed by atoms with E-state index in [0.29, 0.717) is 41.8 Å². The number of carbonyl (C=O) groups is 1. The molecule has 0 saturated carbocycles. The van der Waals surface area contributed by atoms with Crippen LogP contribution in [0.3, 0.4) is 0 Å². The van der Waals surface area contributed by atoms with E-state index < -0.39 is 42.2 Å². The molecule has 1 aliphatic rings. The number of hydrogen-bond acceptors (Lipinski definition) is 5. The number of alkyl halides is 6. The first-order chi connectivity index (χ1) is 17.7. The Morgan fingerprint density at radius 3 is 2.24 bits per heavy atom. The van der Waals surface area contributed by atoms with Crippen molar-refractivity contribution < 1.29 is 36.2 Å². The number of hydrogen-bond donors (Lipinski definition) is 1. The van der Waals surface area contributed by atoms with Gasteiger partial charge in [0.1, 0.15) is 0 Å². The number of halogens is 6. The van der Waals surface area contributed by atoms with Crippen LogP contribution in [0, 0.1) is 13.8 Å². The van der Waals surface area contributed by atoms with Gasteiger partial charge < -0.3 is 10.0 Å². The highest BCUT2D eigenvalue weighted by molar-refractivity contribution is 5.89. The van der Waals surface area contributed by atoms with E-state index in [1.54, 1.807) is 19.1 Å². The molecule has 1 aromatic heterocycles. The summed E-state index contributed by atoms with van der Waals surface area (Å²) in [7, 11) is 1.47. The van der Waals surface area contributed by atoms with Gasteiger partial charge in [0.2, 0.25) is 0 Å². The fraction of sp³-hybridized carbons (Fsp3) is 0.417. The predicted octanol–water partition coefficient (Wildman–Crippen LogP) is 5.89. The Hall–Kier alpha value is -3.84. The number of nitrogens with zero attached hydrogens (tertiary/aromatic N) is 6. The Balaban J connectivity index is 1.89. The van der Waals surface area contributed by atoms with Crippen LogP contribution in [0.25, 0.3) is 0 Å². The Morgan fingerprint density at radius 2 is 1.71 bits per heavy atom. The minimum Gasteiger partial charge on any atom is -0.465 e. The van der Waals surface area contributed by atoms with Crippen LogP contribution in [0.1, 0.15) is 52.3 Å². The van der Waals surface area contributed by atoms with Crippen LogP contribution in [0.5, 0.6) is 0 Å². The molecular weight excluding hydrogens is 518 g/mol. The third-order valence-electron chi connectivity index (χ3n) is 6.58. The standard InChI is InChI=1S/C24H24F6N6O2/c1-13-6-7-18-19(5-4-8-35(22(37)38)20(18)14(13)2)36(21-31-33-34(3)32-21)12-15-9-16(23(25,26)27)11-17(10-15)24(28,29)30/h6-7,9-11,19H,4-5,8,12H2,1-3H3,(H,37,38)/t19-/m0/s1. The number of tetrazole rings is 1. The Morgan fingerprint density at radius 1 is 1.08 bits per heavy atom. The Labute approximate surface area is 213 Å². The van der Waals surface area contributed by atoms with Gasteiger partial charge in [0.15, 0.2) is 0 Å². The highest BCUT2D eigenvalue weighted by atomic mass is 19.4. The molecule has 0 spiro atoms. The predicted molar refractivity (Wildman–Crippen MR) is 125 cm³/mol. The van der Waals surface area contributed by atoms with E-state index in [0.717, 1.165) is 10.4 Å². The molecule has 1 N–H and O–H groups in total. The monoisotopic (exact) mass is 542 g/mol. The number of aryl methyl sites for hydroxylation is 2. The average molecular weight is 542 g/mol. The summed E-state index contributed by atoms with van der Waals surface area (Å²) in [6, 6.07) is 4.26. The second-order valence-electron chi connectivity index (χ2n) is 9.16. The zero-order chi connectivity index (χ0) is 28.0. The van der Waals surface area contributed by atoms with Crippen molar-refractivity contribution >= 4 is 17.7 Å². The summed E-state index contributed by atoms with van der Waals surface area (Å²) in [6.45, 7) is 3.33. The van der Waals surface area contributed by atoms with Gasteiger partial charge in [0.25, 0.3) is 5.95 Å². The molecule has 0 aliphatic carbocycles. The number of anilines is 2. The number of benzene rings is 2. The second kappa shape index (κ2) is 9.80. The molecule has 1 amide bonds. The van der Waals surface area contributed by atoms with E-state index >= 15 is 0 Å². The molecule has 0 saturated heterocycles. The van der Waals surface area contributed by atoms with Crippen LogP contribution < -0.4 is 9.80 Å². The lowest BCUT2D eigenvalue weighted by Gasteiger charge is -2.32. The highest BCUT2D eigenvalue weighted by Crippen LogP contribution is 2.42. The Bertz CT molecular complexity index is 1320. The van der Waals surface area contributed by atoms with E-state index in [-0.39, 0.29) is 24.1 Å². The minimum absolute atomic E-state index is 0.0172. The zero-order valence-electron chi connectivity index (χ0n) is 20.6. The number of fused-ring (bicyclic) bond motifs is 1. The van der Waals surface area contributed by atoms with Crippen LogP contribution in [0.4, 0.5) is 42.8 Å². The molecule has 0 bridgehead atoms. The first-order valence-corrected chi connectivity index (χ1v) is 11.6. The summed E-state index contributed by atoms with van der Waals surface area (Å²) in [5, 5.41) is 21.8. The fourth-order valence-corrected chi connectivity index (χ4v) is 4.69. The van der Waals surface area contributed by atoms with Gasteiger partial charge in [-0.05, 0) is 72.4 Å². The number of amides is 1. The topological polar surface area (TPSA) is 87.4 Å². The summed E-state index contributed by atoms with van der Waals surface area (Å²) >= 11 is 0. The minimum atomic E-state index is -5.00. The number of carboxylic acid groups (broad SMARTS) is 1. The van der Waals surface area contributed by atoms with Crippen LogP contribution in [-0.4, -0.2) is 38.0 Å².